The lowest BCUT2D eigenvalue weighted by Gasteiger charge is -2.17. The van der Waals surface area contributed by atoms with E-state index in [-0.39, 0.29) is 6.04 Å². The molecule has 1 aliphatic heterocycles. The molecule has 1 aromatic carbocycles. The van der Waals surface area contributed by atoms with E-state index in [1.807, 2.05) is 26.0 Å². The molecule has 2 unspecified atom stereocenters. The summed E-state index contributed by atoms with van der Waals surface area (Å²) < 4.78 is 33.5. The Hall–Kier alpha value is -1.11. The van der Waals surface area contributed by atoms with Gasteiger partial charge in [0.05, 0.1) is 18.1 Å². The summed E-state index contributed by atoms with van der Waals surface area (Å²) in [6.45, 7) is 6.43. The Kier molecular flexibility index (Phi) is 3.66. The maximum absolute atomic E-state index is 12.6. The van der Waals surface area contributed by atoms with Gasteiger partial charge in [-0.05, 0) is 61.6 Å². The predicted molar refractivity (Wildman–Crippen MR) is 89.0 cm³/mol. The number of sulfonamides is 1. The molecule has 23 heavy (non-hydrogen) atoms. The molecule has 4 rings (SSSR count). The van der Waals surface area contributed by atoms with E-state index in [2.05, 4.69) is 10.0 Å². The van der Waals surface area contributed by atoms with Crippen LogP contribution in [0.5, 0.6) is 0 Å². The van der Waals surface area contributed by atoms with Gasteiger partial charge in [0.15, 0.2) is 0 Å². The Labute approximate surface area is 137 Å². The van der Waals surface area contributed by atoms with Crippen molar-refractivity contribution in [2.45, 2.75) is 37.6 Å². The van der Waals surface area contributed by atoms with Crippen molar-refractivity contribution < 1.29 is 13.2 Å². The van der Waals surface area contributed by atoms with E-state index in [9.17, 15) is 8.42 Å². The number of aryl methyl sites for hydroxylation is 1. The van der Waals surface area contributed by atoms with Crippen LogP contribution in [0.4, 0.5) is 5.69 Å². The van der Waals surface area contributed by atoms with E-state index in [1.165, 1.54) is 0 Å². The minimum atomic E-state index is -3.43. The Bertz CT molecular complexity index is 718. The molecule has 3 aliphatic rings. The molecule has 1 heterocycles. The largest absolute Gasteiger partial charge is 0.384 e. The fraction of sp³-hybridized carbons (Fsp3) is 0.647. The quantitative estimate of drug-likeness (QED) is 0.834. The third-order valence-electron chi connectivity index (χ3n) is 5.43. The second-order valence-corrected chi connectivity index (χ2v) is 8.84. The zero-order chi connectivity index (χ0) is 16.2. The summed E-state index contributed by atoms with van der Waals surface area (Å²) >= 11 is 0. The molecule has 0 amide bonds. The van der Waals surface area contributed by atoms with Gasteiger partial charge in [0.1, 0.15) is 0 Å². The minimum Gasteiger partial charge on any atom is -0.384 e. The van der Waals surface area contributed by atoms with Gasteiger partial charge in [-0.15, -0.1) is 0 Å². The molecule has 6 heteroatoms. The van der Waals surface area contributed by atoms with E-state index in [0.29, 0.717) is 22.6 Å². The first-order valence-corrected chi connectivity index (χ1v) is 9.90. The summed E-state index contributed by atoms with van der Waals surface area (Å²) in [5, 5.41) is 3.46. The molecular weight excluding hydrogens is 312 g/mol. The molecule has 2 saturated carbocycles. The maximum Gasteiger partial charge on any atom is 0.241 e. The van der Waals surface area contributed by atoms with Crippen LogP contribution in [-0.2, 0) is 14.8 Å². The Balaban J connectivity index is 1.52. The molecule has 5 nitrogen and oxygen atoms in total. The molecule has 1 saturated heterocycles. The molecule has 126 valence electrons. The highest BCUT2D eigenvalue weighted by atomic mass is 32.2. The zero-order valence-corrected chi connectivity index (χ0v) is 14.4. The number of benzene rings is 1. The van der Waals surface area contributed by atoms with Crippen LogP contribution in [0.2, 0.25) is 0 Å². The van der Waals surface area contributed by atoms with E-state index in [0.717, 1.165) is 49.4 Å². The number of ether oxygens (including phenoxy) is 1. The SMILES string of the molecule is Cc1ccc(NCC2C3COCC23)c(C)c1S(=O)(=O)NC1CC1. The van der Waals surface area contributed by atoms with Gasteiger partial charge in [0.25, 0.3) is 0 Å². The van der Waals surface area contributed by atoms with E-state index < -0.39 is 10.0 Å². The van der Waals surface area contributed by atoms with Crippen LogP contribution in [-0.4, -0.2) is 34.2 Å². The fourth-order valence-corrected chi connectivity index (χ4v) is 5.60. The van der Waals surface area contributed by atoms with Gasteiger partial charge in [0, 0.05) is 18.3 Å². The highest BCUT2D eigenvalue weighted by Gasteiger charge is 2.53. The first-order valence-electron chi connectivity index (χ1n) is 8.41. The van der Waals surface area contributed by atoms with Crippen molar-refractivity contribution in [3.63, 3.8) is 0 Å². The third-order valence-corrected chi connectivity index (χ3v) is 7.24. The number of fused-ring (bicyclic) bond motifs is 1. The van der Waals surface area contributed by atoms with Gasteiger partial charge in [-0.2, -0.15) is 0 Å². The van der Waals surface area contributed by atoms with Crippen LogP contribution >= 0.6 is 0 Å². The van der Waals surface area contributed by atoms with Gasteiger partial charge in [-0.25, -0.2) is 13.1 Å². The van der Waals surface area contributed by atoms with Crippen molar-refractivity contribution >= 4 is 15.7 Å². The van der Waals surface area contributed by atoms with Gasteiger partial charge < -0.3 is 10.1 Å². The molecule has 2 aliphatic carbocycles. The molecular formula is C17H24N2O3S. The number of hydrogen-bond donors (Lipinski definition) is 2. The molecule has 0 radical (unpaired) electrons. The molecule has 0 bridgehead atoms. The molecule has 3 fully saturated rings. The maximum atomic E-state index is 12.6. The van der Waals surface area contributed by atoms with Crippen molar-refractivity contribution in [1.29, 1.82) is 0 Å². The summed E-state index contributed by atoms with van der Waals surface area (Å²) in [4.78, 5) is 0.439. The van der Waals surface area contributed by atoms with Gasteiger partial charge in [-0.1, -0.05) is 6.07 Å². The smallest absolute Gasteiger partial charge is 0.241 e. The van der Waals surface area contributed by atoms with Gasteiger partial charge in [0.2, 0.25) is 10.0 Å². The predicted octanol–water partition coefficient (Wildman–Crippen LogP) is 2.05. The van der Waals surface area contributed by atoms with Crippen molar-refractivity contribution in [3.8, 4) is 0 Å². The van der Waals surface area contributed by atoms with Gasteiger partial charge >= 0.3 is 0 Å². The molecule has 0 spiro atoms. The van der Waals surface area contributed by atoms with Crippen molar-refractivity contribution in [2.75, 3.05) is 25.1 Å². The van der Waals surface area contributed by atoms with Crippen molar-refractivity contribution in [3.05, 3.63) is 23.3 Å². The Morgan fingerprint density at radius 3 is 2.52 bits per heavy atom. The van der Waals surface area contributed by atoms with Crippen LogP contribution in [0.15, 0.2) is 17.0 Å². The average molecular weight is 336 g/mol. The second kappa shape index (κ2) is 5.46. The number of rotatable bonds is 6. The fourth-order valence-electron chi connectivity index (χ4n) is 3.80. The van der Waals surface area contributed by atoms with Gasteiger partial charge in [-0.3, -0.25) is 0 Å². The Morgan fingerprint density at radius 1 is 1.17 bits per heavy atom. The van der Waals surface area contributed by atoms with Crippen LogP contribution < -0.4 is 10.0 Å². The van der Waals surface area contributed by atoms with E-state index >= 15 is 0 Å². The standard InChI is InChI=1S/C17H24N2O3S/c1-10-3-6-16(18-7-13-14-8-22-9-15(13)14)11(2)17(10)23(20,21)19-12-4-5-12/h3,6,12-15,18-19H,4-5,7-9H2,1-2H3. The first-order chi connectivity index (χ1) is 11.0. The zero-order valence-electron chi connectivity index (χ0n) is 13.6. The molecule has 1 aromatic rings. The van der Waals surface area contributed by atoms with Crippen LogP contribution in [0.1, 0.15) is 24.0 Å². The lowest BCUT2D eigenvalue weighted by molar-refractivity contribution is 0.153. The van der Waals surface area contributed by atoms with Crippen LogP contribution in [0, 0.1) is 31.6 Å². The molecule has 2 atom stereocenters. The highest BCUT2D eigenvalue weighted by molar-refractivity contribution is 7.89. The molecule has 2 N–H and O–H groups in total. The van der Waals surface area contributed by atoms with E-state index in [1.54, 1.807) is 0 Å². The monoisotopic (exact) mass is 336 g/mol. The first kappa shape index (κ1) is 15.4. The lowest BCUT2D eigenvalue weighted by atomic mass is 10.1. The summed E-state index contributed by atoms with van der Waals surface area (Å²) in [5.41, 5.74) is 2.55. The number of nitrogens with one attached hydrogen (secondary N) is 2. The average Bonchev–Trinajstić information content (AvgIpc) is 3.36. The highest BCUT2D eigenvalue weighted by Crippen LogP contribution is 2.50. The van der Waals surface area contributed by atoms with Crippen LogP contribution in [0.3, 0.4) is 0 Å². The second-order valence-electron chi connectivity index (χ2n) is 7.19. The lowest BCUT2D eigenvalue weighted by Crippen LogP contribution is -2.27. The number of hydrogen-bond acceptors (Lipinski definition) is 4. The van der Waals surface area contributed by atoms with Crippen molar-refractivity contribution in [2.24, 2.45) is 17.8 Å². The van der Waals surface area contributed by atoms with Crippen molar-refractivity contribution in [1.82, 2.24) is 4.72 Å². The normalized spacial score (nSPS) is 29.4. The number of anilines is 1. The summed E-state index contributed by atoms with van der Waals surface area (Å²) in [5.74, 6) is 2.08. The summed E-state index contributed by atoms with van der Waals surface area (Å²) in [7, 11) is -3.43. The third kappa shape index (κ3) is 2.88. The van der Waals surface area contributed by atoms with E-state index in [4.69, 9.17) is 4.74 Å². The Morgan fingerprint density at radius 2 is 1.87 bits per heavy atom. The van der Waals surface area contributed by atoms with Crippen LogP contribution in [0.25, 0.3) is 0 Å². The molecule has 0 aromatic heterocycles. The topological polar surface area (TPSA) is 67.4 Å². The summed E-state index contributed by atoms with van der Waals surface area (Å²) in [6.07, 6.45) is 1.89. The summed E-state index contributed by atoms with van der Waals surface area (Å²) in [6, 6.07) is 4.02. The minimum absolute atomic E-state index is 0.126.